The van der Waals surface area contributed by atoms with Crippen molar-refractivity contribution in [3.05, 3.63) is 76.5 Å². The summed E-state index contributed by atoms with van der Waals surface area (Å²) in [5.74, 6) is 2.14. The molecular weight excluding hydrogens is 420 g/mol. The van der Waals surface area contributed by atoms with Crippen molar-refractivity contribution in [2.24, 2.45) is 0 Å². The van der Waals surface area contributed by atoms with Crippen molar-refractivity contribution in [3.8, 4) is 11.5 Å². The fourth-order valence-corrected chi connectivity index (χ4v) is 4.24. The van der Waals surface area contributed by atoms with Crippen LogP contribution in [0.15, 0.2) is 59.4 Å². The van der Waals surface area contributed by atoms with Crippen molar-refractivity contribution >= 4 is 5.91 Å². The average Bonchev–Trinajstić information content (AvgIpc) is 3.18. The predicted octanol–water partition coefficient (Wildman–Crippen LogP) is 3.52. The van der Waals surface area contributed by atoms with E-state index in [1.54, 1.807) is 17.7 Å². The van der Waals surface area contributed by atoms with Gasteiger partial charge in [0.15, 0.2) is 0 Å². The first-order chi connectivity index (χ1) is 16.1. The van der Waals surface area contributed by atoms with Gasteiger partial charge in [-0.2, -0.15) is 5.10 Å². The molecule has 1 aliphatic rings. The zero-order valence-electron chi connectivity index (χ0n) is 19.1. The Labute approximate surface area is 193 Å². The third kappa shape index (κ3) is 5.01. The van der Waals surface area contributed by atoms with Crippen LogP contribution in [0.3, 0.4) is 0 Å². The zero-order valence-corrected chi connectivity index (χ0v) is 19.1. The maximum atomic E-state index is 13.3. The Bertz CT molecular complexity index is 1130. The van der Waals surface area contributed by atoms with E-state index < -0.39 is 0 Å². The smallest absolute Gasteiger partial charge is 0.345 e. The minimum Gasteiger partial charge on any atom is -0.457 e. The molecule has 0 N–H and O–H groups in total. The molecular formula is C25H30N4O4. The first-order valence-electron chi connectivity index (χ1n) is 11.4. The molecule has 2 aromatic carbocycles. The largest absolute Gasteiger partial charge is 0.457 e. The number of carbonyl (C=O) groups is 1. The highest BCUT2D eigenvalue weighted by atomic mass is 16.5. The average molecular weight is 451 g/mol. The zero-order chi connectivity index (χ0) is 23.2. The number of amides is 1. The highest BCUT2D eigenvalue weighted by molar-refractivity contribution is 5.97. The molecule has 0 atom stereocenters. The Morgan fingerprint density at radius 2 is 1.76 bits per heavy atom. The van der Waals surface area contributed by atoms with E-state index in [1.807, 2.05) is 60.4 Å². The summed E-state index contributed by atoms with van der Waals surface area (Å²) in [5.41, 5.74) is 0.448. The third-order valence-corrected chi connectivity index (χ3v) is 6.01. The van der Waals surface area contributed by atoms with Crippen LogP contribution in [0.1, 0.15) is 41.9 Å². The molecule has 1 amide bonds. The Morgan fingerprint density at radius 1 is 1.06 bits per heavy atom. The van der Waals surface area contributed by atoms with Crippen LogP contribution in [0, 0.1) is 0 Å². The Kier molecular flexibility index (Phi) is 7.24. The van der Waals surface area contributed by atoms with Gasteiger partial charge in [-0.3, -0.25) is 9.36 Å². The van der Waals surface area contributed by atoms with Gasteiger partial charge in [-0.1, -0.05) is 30.3 Å². The van der Waals surface area contributed by atoms with E-state index in [2.05, 4.69) is 5.10 Å². The second kappa shape index (κ2) is 10.5. The van der Waals surface area contributed by atoms with E-state index in [9.17, 15) is 9.59 Å². The van der Waals surface area contributed by atoms with E-state index >= 15 is 0 Å². The summed E-state index contributed by atoms with van der Waals surface area (Å²) in [4.78, 5) is 27.8. The first-order valence-corrected chi connectivity index (χ1v) is 11.4. The Hall–Kier alpha value is -3.39. The van der Waals surface area contributed by atoms with Gasteiger partial charge in [-0.05, 0) is 44.0 Å². The number of nitrogens with zero attached hydrogens (tertiary/aromatic N) is 4. The molecule has 1 aromatic heterocycles. The van der Waals surface area contributed by atoms with E-state index in [0.29, 0.717) is 49.8 Å². The van der Waals surface area contributed by atoms with E-state index in [1.165, 1.54) is 4.68 Å². The highest BCUT2D eigenvalue weighted by Gasteiger charge is 2.29. The molecule has 1 saturated heterocycles. The minimum atomic E-state index is -0.102. The number of hydrogen-bond donors (Lipinski definition) is 0. The lowest BCUT2D eigenvalue weighted by molar-refractivity contribution is 0.0707. The maximum Gasteiger partial charge on any atom is 0.345 e. The van der Waals surface area contributed by atoms with E-state index in [-0.39, 0.29) is 17.5 Å². The summed E-state index contributed by atoms with van der Waals surface area (Å²) in [5, 5.41) is 4.59. The van der Waals surface area contributed by atoms with Crippen molar-refractivity contribution in [1.82, 2.24) is 19.2 Å². The standard InChI is InChI=1S/C25H30N4O4/c1-3-28-23(26-29(25(28)31)17-18-32-2)19-13-15-27(16-14-19)24(30)21-11-7-8-12-22(21)33-20-9-5-4-6-10-20/h4-12,19H,3,13-18H2,1-2H3. The molecule has 4 rings (SSSR count). The number of aromatic nitrogens is 3. The fourth-order valence-electron chi connectivity index (χ4n) is 4.24. The molecule has 0 unspecified atom stereocenters. The topological polar surface area (TPSA) is 78.6 Å². The Morgan fingerprint density at radius 3 is 2.45 bits per heavy atom. The molecule has 0 bridgehead atoms. The molecule has 0 saturated carbocycles. The molecule has 174 valence electrons. The second-order valence-electron chi connectivity index (χ2n) is 8.08. The highest BCUT2D eigenvalue weighted by Crippen LogP contribution is 2.30. The lowest BCUT2D eigenvalue weighted by Crippen LogP contribution is -2.38. The van der Waals surface area contributed by atoms with Crippen LogP contribution in [0.4, 0.5) is 0 Å². The SMILES string of the molecule is CCn1c(C2CCN(C(=O)c3ccccc3Oc3ccccc3)CC2)nn(CCOC)c1=O. The summed E-state index contributed by atoms with van der Waals surface area (Å²) in [6.45, 7) is 4.61. The fraction of sp³-hybridized carbons (Fsp3) is 0.400. The number of hydrogen-bond acceptors (Lipinski definition) is 5. The number of piperidine rings is 1. The number of rotatable bonds is 8. The molecule has 3 aromatic rings. The second-order valence-corrected chi connectivity index (χ2v) is 8.08. The van der Waals surface area contributed by atoms with Gasteiger partial charge in [0.25, 0.3) is 5.91 Å². The molecule has 1 fully saturated rings. The maximum absolute atomic E-state index is 13.3. The summed E-state index contributed by atoms with van der Waals surface area (Å²) in [6, 6.07) is 16.8. The van der Waals surface area contributed by atoms with Crippen molar-refractivity contribution < 1.29 is 14.3 Å². The van der Waals surface area contributed by atoms with Gasteiger partial charge in [0.2, 0.25) is 0 Å². The first kappa shape index (κ1) is 22.8. The van der Waals surface area contributed by atoms with Gasteiger partial charge in [0.05, 0.1) is 18.7 Å². The van der Waals surface area contributed by atoms with Gasteiger partial charge in [0, 0.05) is 32.7 Å². The van der Waals surface area contributed by atoms with Crippen LogP contribution < -0.4 is 10.4 Å². The number of benzene rings is 2. The van der Waals surface area contributed by atoms with Crippen molar-refractivity contribution in [2.45, 2.75) is 38.8 Å². The molecule has 2 heterocycles. The molecule has 33 heavy (non-hydrogen) atoms. The summed E-state index contributed by atoms with van der Waals surface area (Å²) < 4.78 is 14.3. The van der Waals surface area contributed by atoms with Crippen LogP contribution in [-0.2, 0) is 17.8 Å². The van der Waals surface area contributed by atoms with Gasteiger partial charge in [0.1, 0.15) is 17.3 Å². The van der Waals surface area contributed by atoms with Crippen molar-refractivity contribution in [1.29, 1.82) is 0 Å². The van der Waals surface area contributed by atoms with Crippen LogP contribution in [-0.4, -0.2) is 52.0 Å². The summed E-state index contributed by atoms with van der Waals surface area (Å²) >= 11 is 0. The molecule has 0 aliphatic carbocycles. The monoisotopic (exact) mass is 450 g/mol. The molecule has 0 spiro atoms. The van der Waals surface area contributed by atoms with Crippen LogP contribution in [0.25, 0.3) is 0 Å². The van der Waals surface area contributed by atoms with Gasteiger partial charge in [-0.25, -0.2) is 9.48 Å². The number of ether oxygens (including phenoxy) is 2. The van der Waals surface area contributed by atoms with Crippen molar-refractivity contribution in [2.75, 3.05) is 26.8 Å². The van der Waals surface area contributed by atoms with Gasteiger partial charge in [-0.15, -0.1) is 0 Å². The molecule has 8 nitrogen and oxygen atoms in total. The third-order valence-electron chi connectivity index (χ3n) is 6.01. The van der Waals surface area contributed by atoms with Gasteiger partial charge < -0.3 is 14.4 Å². The van der Waals surface area contributed by atoms with E-state index in [0.717, 1.165) is 18.7 Å². The number of methoxy groups -OCH3 is 1. The lowest BCUT2D eigenvalue weighted by atomic mass is 9.95. The summed E-state index contributed by atoms with van der Waals surface area (Å²) in [7, 11) is 1.61. The molecule has 0 radical (unpaired) electrons. The molecule has 1 aliphatic heterocycles. The van der Waals surface area contributed by atoms with Crippen LogP contribution in [0.5, 0.6) is 11.5 Å². The van der Waals surface area contributed by atoms with Crippen LogP contribution >= 0.6 is 0 Å². The predicted molar refractivity (Wildman–Crippen MR) is 125 cm³/mol. The lowest BCUT2D eigenvalue weighted by Gasteiger charge is -2.32. The quantitative estimate of drug-likeness (QED) is 0.525. The minimum absolute atomic E-state index is 0.0431. The van der Waals surface area contributed by atoms with Crippen LogP contribution in [0.2, 0.25) is 0 Å². The number of likely N-dealkylation sites (tertiary alicyclic amines) is 1. The van der Waals surface area contributed by atoms with E-state index in [4.69, 9.17) is 9.47 Å². The normalized spacial score (nSPS) is 14.4. The van der Waals surface area contributed by atoms with Gasteiger partial charge >= 0.3 is 5.69 Å². The number of carbonyl (C=O) groups excluding carboxylic acids is 1. The van der Waals surface area contributed by atoms with Crippen molar-refractivity contribution in [3.63, 3.8) is 0 Å². The Balaban J connectivity index is 1.46. The summed E-state index contributed by atoms with van der Waals surface area (Å²) in [6.07, 6.45) is 1.52. The molecule has 8 heteroatoms. The number of para-hydroxylation sites is 2.